The predicted molar refractivity (Wildman–Crippen MR) is 67.4 cm³/mol. The van der Waals surface area contributed by atoms with E-state index in [2.05, 4.69) is 19.2 Å². The molecule has 1 atom stereocenters. The number of hydrogen-bond donors (Lipinski definition) is 2. The zero-order valence-electron chi connectivity index (χ0n) is 10.8. The summed E-state index contributed by atoms with van der Waals surface area (Å²) in [6, 6.07) is 1.39. The second-order valence-corrected chi connectivity index (χ2v) is 6.63. The number of aliphatic hydroxyl groups is 1. The molecule has 2 heteroatoms. The first-order valence-corrected chi connectivity index (χ1v) is 6.99. The highest BCUT2D eigenvalue weighted by Gasteiger charge is 2.30. The average molecular weight is 225 g/mol. The van der Waals surface area contributed by atoms with Crippen molar-refractivity contribution < 1.29 is 5.11 Å². The maximum absolute atomic E-state index is 9.49. The molecule has 0 bridgehead atoms. The number of hydrogen-bond acceptors (Lipinski definition) is 2. The summed E-state index contributed by atoms with van der Waals surface area (Å²) in [6.07, 6.45) is 9.72. The molecule has 2 aliphatic rings. The van der Waals surface area contributed by atoms with Gasteiger partial charge in [-0.05, 0) is 50.4 Å². The molecule has 2 nitrogen and oxygen atoms in total. The summed E-state index contributed by atoms with van der Waals surface area (Å²) in [4.78, 5) is 0. The first-order valence-electron chi connectivity index (χ1n) is 6.99. The van der Waals surface area contributed by atoms with E-state index in [4.69, 9.17) is 0 Å². The normalized spacial score (nSPS) is 39.6. The van der Waals surface area contributed by atoms with Gasteiger partial charge < -0.3 is 10.4 Å². The maximum atomic E-state index is 9.49. The summed E-state index contributed by atoms with van der Waals surface area (Å²) in [5.74, 6) is 0. The molecule has 0 aromatic heterocycles. The molecule has 0 radical (unpaired) electrons. The van der Waals surface area contributed by atoms with E-state index in [0.29, 0.717) is 11.5 Å². The molecule has 0 saturated heterocycles. The van der Waals surface area contributed by atoms with Crippen LogP contribution in [0.4, 0.5) is 0 Å². The van der Waals surface area contributed by atoms with Gasteiger partial charge in [-0.25, -0.2) is 0 Å². The Labute approximate surface area is 99.8 Å². The van der Waals surface area contributed by atoms with Crippen molar-refractivity contribution in [2.75, 3.05) is 0 Å². The van der Waals surface area contributed by atoms with Gasteiger partial charge >= 0.3 is 0 Å². The SMILES string of the molecule is CC1(C)CCCC(NC2CCC(O)CC2)C1. The minimum Gasteiger partial charge on any atom is -0.393 e. The Bertz CT molecular complexity index is 219. The molecule has 2 aliphatic carbocycles. The molecule has 16 heavy (non-hydrogen) atoms. The third kappa shape index (κ3) is 3.46. The van der Waals surface area contributed by atoms with Crippen LogP contribution in [0.3, 0.4) is 0 Å². The van der Waals surface area contributed by atoms with E-state index in [1.807, 2.05) is 0 Å². The number of rotatable bonds is 2. The molecule has 0 aromatic carbocycles. The van der Waals surface area contributed by atoms with E-state index >= 15 is 0 Å². The highest BCUT2D eigenvalue weighted by Crippen LogP contribution is 2.35. The third-order valence-electron chi connectivity index (χ3n) is 4.37. The largest absolute Gasteiger partial charge is 0.393 e. The quantitative estimate of drug-likeness (QED) is 0.757. The van der Waals surface area contributed by atoms with Crippen LogP contribution in [-0.2, 0) is 0 Å². The topological polar surface area (TPSA) is 32.3 Å². The fourth-order valence-corrected chi connectivity index (χ4v) is 3.42. The standard InChI is InChI=1S/C14H27NO/c1-14(2)9-3-4-12(10-14)15-11-5-7-13(16)8-6-11/h11-13,15-16H,3-10H2,1-2H3. The monoisotopic (exact) mass is 225 g/mol. The molecule has 0 heterocycles. The Morgan fingerprint density at radius 3 is 2.31 bits per heavy atom. The van der Waals surface area contributed by atoms with Crippen LogP contribution in [0, 0.1) is 5.41 Å². The molecule has 94 valence electrons. The molecule has 2 fully saturated rings. The molecule has 2 N–H and O–H groups in total. The molecule has 0 spiro atoms. The molecule has 0 aromatic rings. The first kappa shape index (κ1) is 12.4. The molecule has 2 rings (SSSR count). The zero-order chi connectivity index (χ0) is 11.6. The fourth-order valence-electron chi connectivity index (χ4n) is 3.42. The highest BCUT2D eigenvalue weighted by molar-refractivity contribution is 4.87. The second kappa shape index (κ2) is 5.05. The van der Waals surface area contributed by atoms with Crippen LogP contribution in [-0.4, -0.2) is 23.3 Å². The lowest BCUT2D eigenvalue weighted by molar-refractivity contribution is 0.106. The second-order valence-electron chi connectivity index (χ2n) is 6.63. The summed E-state index contributed by atoms with van der Waals surface area (Å²) < 4.78 is 0. The van der Waals surface area contributed by atoms with Crippen LogP contribution >= 0.6 is 0 Å². The predicted octanol–water partition coefficient (Wildman–Crippen LogP) is 2.85. The summed E-state index contributed by atoms with van der Waals surface area (Å²) in [5.41, 5.74) is 0.532. The Balaban J connectivity index is 1.76. The van der Waals surface area contributed by atoms with E-state index in [0.717, 1.165) is 31.7 Å². The van der Waals surface area contributed by atoms with Gasteiger partial charge in [-0.3, -0.25) is 0 Å². The van der Waals surface area contributed by atoms with Gasteiger partial charge in [0.1, 0.15) is 0 Å². The van der Waals surface area contributed by atoms with Crippen molar-refractivity contribution in [1.29, 1.82) is 0 Å². The van der Waals surface area contributed by atoms with E-state index < -0.39 is 0 Å². The molecule has 0 aliphatic heterocycles. The highest BCUT2D eigenvalue weighted by atomic mass is 16.3. The van der Waals surface area contributed by atoms with Gasteiger partial charge in [0.15, 0.2) is 0 Å². The van der Waals surface area contributed by atoms with Crippen molar-refractivity contribution in [2.45, 2.75) is 83.4 Å². The Kier molecular flexibility index (Phi) is 3.91. The van der Waals surface area contributed by atoms with Crippen molar-refractivity contribution in [3.8, 4) is 0 Å². The van der Waals surface area contributed by atoms with E-state index in [1.165, 1.54) is 25.7 Å². The molecular weight excluding hydrogens is 198 g/mol. The average Bonchev–Trinajstić information content (AvgIpc) is 2.20. The smallest absolute Gasteiger partial charge is 0.0541 e. The first-order chi connectivity index (χ1) is 7.55. The summed E-state index contributed by atoms with van der Waals surface area (Å²) in [6.45, 7) is 4.79. The fraction of sp³-hybridized carbons (Fsp3) is 1.00. The zero-order valence-corrected chi connectivity index (χ0v) is 10.8. The van der Waals surface area contributed by atoms with Gasteiger partial charge in [-0.15, -0.1) is 0 Å². The lowest BCUT2D eigenvalue weighted by atomic mass is 9.75. The van der Waals surface area contributed by atoms with Crippen molar-refractivity contribution in [3.63, 3.8) is 0 Å². The third-order valence-corrected chi connectivity index (χ3v) is 4.37. The van der Waals surface area contributed by atoms with Crippen LogP contribution in [0.2, 0.25) is 0 Å². The summed E-state index contributed by atoms with van der Waals surface area (Å²) in [7, 11) is 0. The van der Waals surface area contributed by atoms with Gasteiger partial charge in [-0.1, -0.05) is 20.3 Å². The summed E-state index contributed by atoms with van der Waals surface area (Å²) in [5, 5.41) is 13.3. The van der Waals surface area contributed by atoms with Crippen LogP contribution in [0.25, 0.3) is 0 Å². The van der Waals surface area contributed by atoms with Gasteiger partial charge in [-0.2, -0.15) is 0 Å². The van der Waals surface area contributed by atoms with Crippen LogP contribution in [0.1, 0.15) is 65.2 Å². The van der Waals surface area contributed by atoms with Gasteiger partial charge in [0.2, 0.25) is 0 Å². The Morgan fingerprint density at radius 2 is 1.69 bits per heavy atom. The molecule has 0 amide bonds. The van der Waals surface area contributed by atoms with Crippen LogP contribution < -0.4 is 5.32 Å². The van der Waals surface area contributed by atoms with Gasteiger partial charge in [0, 0.05) is 12.1 Å². The summed E-state index contributed by atoms with van der Waals surface area (Å²) >= 11 is 0. The van der Waals surface area contributed by atoms with Crippen molar-refractivity contribution in [1.82, 2.24) is 5.32 Å². The lowest BCUT2D eigenvalue weighted by Gasteiger charge is -2.38. The van der Waals surface area contributed by atoms with Crippen molar-refractivity contribution in [3.05, 3.63) is 0 Å². The van der Waals surface area contributed by atoms with E-state index in [-0.39, 0.29) is 6.10 Å². The number of aliphatic hydroxyl groups excluding tert-OH is 1. The molecule has 1 unspecified atom stereocenters. The minimum absolute atomic E-state index is 0.0270. The Hall–Kier alpha value is -0.0800. The van der Waals surface area contributed by atoms with Crippen LogP contribution in [0.5, 0.6) is 0 Å². The lowest BCUT2D eigenvalue weighted by Crippen LogP contribution is -2.44. The van der Waals surface area contributed by atoms with Crippen molar-refractivity contribution in [2.24, 2.45) is 5.41 Å². The van der Waals surface area contributed by atoms with Crippen molar-refractivity contribution >= 4 is 0 Å². The molecule has 2 saturated carbocycles. The van der Waals surface area contributed by atoms with Crippen LogP contribution in [0.15, 0.2) is 0 Å². The van der Waals surface area contributed by atoms with Gasteiger partial charge in [0.05, 0.1) is 6.10 Å². The molecular formula is C14H27NO. The van der Waals surface area contributed by atoms with E-state index in [1.54, 1.807) is 0 Å². The van der Waals surface area contributed by atoms with Gasteiger partial charge in [0.25, 0.3) is 0 Å². The van der Waals surface area contributed by atoms with E-state index in [9.17, 15) is 5.11 Å². The Morgan fingerprint density at radius 1 is 1.00 bits per heavy atom. The number of nitrogens with one attached hydrogen (secondary N) is 1. The minimum atomic E-state index is -0.0270. The maximum Gasteiger partial charge on any atom is 0.0541 e.